The minimum absolute atomic E-state index is 0.708. The monoisotopic (exact) mass is 239 g/mol. The Morgan fingerprint density at radius 3 is 2.65 bits per heavy atom. The lowest BCUT2D eigenvalue weighted by atomic mass is 10.0. The van der Waals surface area contributed by atoms with Crippen LogP contribution in [-0.4, -0.2) is 61.2 Å². The summed E-state index contributed by atoms with van der Waals surface area (Å²) < 4.78 is 0. The van der Waals surface area contributed by atoms with Crippen molar-refractivity contribution in [3.05, 3.63) is 0 Å². The van der Waals surface area contributed by atoms with Crippen molar-refractivity contribution in [2.45, 2.75) is 57.7 Å². The zero-order valence-corrected chi connectivity index (χ0v) is 11.8. The molecule has 0 radical (unpaired) electrons. The van der Waals surface area contributed by atoms with Gasteiger partial charge in [0, 0.05) is 31.2 Å². The smallest absolute Gasteiger partial charge is 0.0217 e. The lowest BCUT2D eigenvalue weighted by molar-refractivity contribution is 0.177. The second kappa shape index (κ2) is 6.17. The van der Waals surface area contributed by atoms with Crippen LogP contribution in [0.25, 0.3) is 0 Å². The van der Waals surface area contributed by atoms with Crippen molar-refractivity contribution in [3.8, 4) is 0 Å². The molecule has 0 aromatic carbocycles. The average Bonchev–Trinajstić information content (AvgIpc) is 2.77. The topological polar surface area (TPSA) is 18.5 Å². The van der Waals surface area contributed by atoms with E-state index in [0.29, 0.717) is 6.04 Å². The molecule has 2 atom stereocenters. The zero-order valence-electron chi connectivity index (χ0n) is 11.8. The third-order valence-corrected chi connectivity index (χ3v) is 4.51. The fourth-order valence-electron chi connectivity index (χ4n) is 3.13. The summed E-state index contributed by atoms with van der Waals surface area (Å²) in [5.41, 5.74) is 0. The van der Waals surface area contributed by atoms with Crippen LogP contribution in [-0.2, 0) is 0 Å². The lowest BCUT2D eigenvalue weighted by Gasteiger charge is -2.33. The van der Waals surface area contributed by atoms with Crippen LogP contribution in [0.2, 0.25) is 0 Å². The van der Waals surface area contributed by atoms with Gasteiger partial charge < -0.3 is 10.2 Å². The van der Waals surface area contributed by atoms with Gasteiger partial charge in [0.2, 0.25) is 0 Å². The molecule has 2 unspecified atom stereocenters. The molecular formula is C14H29N3. The predicted molar refractivity (Wildman–Crippen MR) is 73.4 cm³/mol. The number of hydrogen-bond acceptors (Lipinski definition) is 3. The fourth-order valence-corrected chi connectivity index (χ4v) is 3.13. The standard InChI is InChI=1S/C14H29N3/c1-12(2)17-9-7-13(11-17)15-10-14-6-4-5-8-16(14)3/h12-15H,4-11H2,1-3H3. The molecule has 1 N–H and O–H groups in total. The van der Waals surface area contributed by atoms with Crippen molar-refractivity contribution in [3.63, 3.8) is 0 Å². The number of piperidine rings is 1. The van der Waals surface area contributed by atoms with Gasteiger partial charge in [0.15, 0.2) is 0 Å². The van der Waals surface area contributed by atoms with Crippen LogP contribution in [0.1, 0.15) is 39.5 Å². The molecule has 3 nitrogen and oxygen atoms in total. The molecule has 2 fully saturated rings. The summed E-state index contributed by atoms with van der Waals surface area (Å²) >= 11 is 0. The van der Waals surface area contributed by atoms with E-state index in [-0.39, 0.29) is 0 Å². The van der Waals surface area contributed by atoms with E-state index in [0.717, 1.165) is 12.1 Å². The number of likely N-dealkylation sites (N-methyl/N-ethyl adjacent to an activating group) is 1. The van der Waals surface area contributed by atoms with Gasteiger partial charge in [-0.25, -0.2) is 0 Å². The highest BCUT2D eigenvalue weighted by Crippen LogP contribution is 2.16. The summed E-state index contributed by atoms with van der Waals surface area (Å²) in [7, 11) is 2.28. The lowest BCUT2D eigenvalue weighted by Crippen LogP contribution is -2.46. The molecule has 0 spiro atoms. The van der Waals surface area contributed by atoms with Gasteiger partial charge in [-0.1, -0.05) is 6.42 Å². The summed E-state index contributed by atoms with van der Waals surface area (Å²) in [6.45, 7) is 9.60. The van der Waals surface area contributed by atoms with Crippen LogP contribution >= 0.6 is 0 Å². The van der Waals surface area contributed by atoms with Crippen molar-refractivity contribution in [2.75, 3.05) is 33.2 Å². The van der Waals surface area contributed by atoms with Crippen LogP contribution in [0.4, 0.5) is 0 Å². The van der Waals surface area contributed by atoms with E-state index >= 15 is 0 Å². The highest BCUT2D eigenvalue weighted by molar-refractivity contribution is 4.85. The Kier molecular flexibility index (Phi) is 4.83. The van der Waals surface area contributed by atoms with Crippen LogP contribution < -0.4 is 5.32 Å². The molecule has 3 heteroatoms. The van der Waals surface area contributed by atoms with Gasteiger partial charge in [0.05, 0.1) is 0 Å². The summed E-state index contributed by atoms with van der Waals surface area (Å²) in [4.78, 5) is 5.12. The number of nitrogens with one attached hydrogen (secondary N) is 1. The molecule has 0 bridgehead atoms. The quantitative estimate of drug-likeness (QED) is 0.803. The van der Waals surface area contributed by atoms with Gasteiger partial charge in [-0.3, -0.25) is 4.90 Å². The van der Waals surface area contributed by atoms with E-state index in [1.807, 2.05) is 0 Å². The van der Waals surface area contributed by atoms with E-state index in [1.54, 1.807) is 0 Å². The average molecular weight is 239 g/mol. The molecule has 2 aliphatic rings. The summed E-state index contributed by atoms with van der Waals surface area (Å²) in [5.74, 6) is 0. The number of rotatable bonds is 4. The van der Waals surface area contributed by atoms with Gasteiger partial charge in [0.25, 0.3) is 0 Å². The van der Waals surface area contributed by atoms with Crippen molar-refractivity contribution >= 4 is 0 Å². The van der Waals surface area contributed by atoms with Crippen LogP contribution in [0.5, 0.6) is 0 Å². The first-order chi connectivity index (χ1) is 8.16. The van der Waals surface area contributed by atoms with Crippen molar-refractivity contribution in [2.24, 2.45) is 0 Å². The second-order valence-corrected chi connectivity index (χ2v) is 6.11. The minimum atomic E-state index is 0.708. The van der Waals surface area contributed by atoms with Gasteiger partial charge in [-0.15, -0.1) is 0 Å². The van der Waals surface area contributed by atoms with Crippen LogP contribution in [0.3, 0.4) is 0 Å². The van der Waals surface area contributed by atoms with E-state index < -0.39 is 0 Å². The number of hydrogen-bond donors (Lipinski definition) is 1. The molecule has 2 saturated heterocycles. The Morgan fingerprint density at radius 2 is 2.00 bits per heavy atom. The van der Waals surface area contributed by atoms with Gasteiger partial charge in [0.1, 0.15) is 0 Å². The van der Waals surface area contributed by atoms with Crippen LogP contribution in [0, 0.1) is 0 Å². The molecule has 0 saturated carbocycles. The van der Waals surface area contributed by atoms with E-state index in [4.69, 9.17) is 0 Å². The Labute approximate surface area is 107 Å². The Morgan fingerprint density at radius 1 is 1.18 bits per heavy atom. The maximum atomic E-state index is 3.78. The maximum absolute atomic E-state index is 3.78. The molecule has 0 aromatic heterocycles. The van der Waals surface area contributed by atoms with E-state index in [1.165, 1.54) is 51.9 Å². The molecule has 100 valence electrons. The van der Waals surface area contributed by atoms with Gasteiger partial charge in [-0.2, -0.15) is 0 Å². The first-order valence-electron chi connectivity index (χ1n) is 7.34. The zero-order chi connectivity index (χ0) is 12.3. The Balaban J connectivity index is 1.68. The second-order valence-electron chi connectivity index (χ2n) is 6.11. The van der Waals surface area contributed by atoms with Gasteiger partial charge in [-0.05, 0) is 53.2 Å². The maximum Gasteiger partial charge on any atom is 0.0217 e. The van der Waals surface area contributed by atoms with Crippen molar-refractivity contribution < 1.29 is 0 Å². The summed E-state index contributed by atoms with van der Waals surface area (Å²) in [6, 6.07) is 2.21. The molecule has 2 aliphatic heterocycles. The van der Waals surface area contributed by atoms with Crippen LogP contribution in [0.15, 0.2) is 0 Å². The molecular weight excluding hydrogens is 210 g/mol. The molecule has 2 heterocycles. The molecule has 2 rings (SSSR count). The SMILES string of the molecule is CC(C)N1CCC(NCC2CCCCN2C)C1. The highest BCUT2D eigenvalue weighted by Gasteiger charge is 2.25. The first-order valence-corrected chi connectivity index (χ1v) is 7.34. The summed E-state index contributed by atoms with van der Waals surface area (Å²) in [5, 5.41) is 3.78. The Hall–Kier alpha value is -0.120. The minimum Gasteiger partial charge on any atom is -0.311 e. The van der Waals surface area contributed by atoms with E-state index in [2.05, 4.69) is 36.0 Å². The number of nitrogens with zero attached hydrogens (tertiary/aromatic N) is 2. The first kappa shape index (κ1) is 13.3. The third kappa shape index (κ3) is 3.67. The molecule has 0 amide bonds. The number of likely N-dealkylation sites (tertiary alicyclic amines) is 2. The highest BCUT2D eigenvalue weighted by atomic mass is 15.2. The summed E-state index contributed by atoms with van der Waals surface area (Å²) in [6.07, 6.45) is 5.51. The van der Waals surface area contributed by atoms with Crippen molar-refractivity contribution in [1.82, 2.24) is 15.1 Å². The molecule has 17 heavy (non-hydrogen) atoms. The van der Waals surface area contributed by atoms with Crippen molar-refractivity contribution in [1.29, 1.82) is 0 Å². The van der Waals surface area contributed by atoms with E-state index in [9.17, 15) is 0 Å². The normalized spacial score (nSPS) is 32.5. The third-order valence-electron chi connectivity index (χ3n) is 4.51. The van der Waals surface area contributed by atoms with Gasteiger partial charge >= 0.3 is 0 Å². The largest absolute Gasteiger partial charge is 0.311 e. The Bertz CT molecular complexity index is 230. The fraction of sp³-hybridized carbons (Fsp3) is 1.00. The molecule has 0 aromatic rings. The predicted octanol–water partition coefficient (Wildman–Crippen LogP) is 1.54. The molecule has 0 aliphatic carbocycles.